The van der Waals surface area contributed by atoms with Gasteiger partial charge in [0.1, 0.15) is 19.8 Å². The Morgan fingerprint density at radius 3 is 2.57 bits per heavy atom. The van der Waals surface area contributed by atoms with Crippen molar-refractivity contribution in [2.24, 2.45) is 0 Å². The smallest absolute Gasteiger partial charge is 0.319 e. The van der Waals surface area contributed by atoms with Crippen LogP contribution in [0.3, 0.4) is 0 Å². The van der Waals surface area contributed by atoms with Gasteiger partial charge in [-0.3, -0.25) is 0 Å². The van der Waals surface area contributed by atoms with Gasteiger partial charge in [-0.05, 0) is 25.1 Å². The molecule has 3 aromatic rings. The molecule has 154 valence electrons. The van der Waals surface area contributed by atoms with Crippen molar-refractivity contribution in [2.75, 3.05) is 31.7 Å². The highest BCUT2D eigenvalue weighted by Gasteiger charge is 2.12. The van der Waals surface area contributed by atoms with Crippen molar-refractivity contribution in [3.8, 4) is 28.6 Å². The third kappa shape index (κ3) is 4.96. The molecule has 0 saturated heterocycles. The van der Waals surface area contributed by atoms with Crippen LogP contribution in [0.15, 0.2) is 54.6 Å². The molecule has 0 unspecified atom stereocenters. The topological polar surface area (TPSA) is 94.6 Å². The second kappa shape index (κ2) is 9.13. The molecular formula is C22H22N4O4. The molecule has 0 spiro atoms. The summed E-state index contributed by atoms with van der Waals surface area (Å²) < 4.78 is 16.5. The van der Waals surface area contributed by atoms with E-state index in [1.165, 1.54) is 5.56 Å². The maximum absolute atomic E-state index is 12.0. The number of anilines is 1. The number of aryl methyl sites for hydroxylation is 1. The molecule has 0 bridgehead atoms. The molecule has 0 aliphatic carbocycles. The quantitative estimate of drug-likeness (QED) is 0.609. The first-order valence-electron chi connectivity index (χ1n) is 9.65. The summed E-state index contributed by atoms with van der Waals surface area (Å²) in [6.07, 6.45) is 0. The molecule has 1 aromatic heterocycles. The minimum atomic E-state index is -0.337. The summed E-state index contributed by atoms with van der Waals surface area (Å²) in [6, 6.07) is 16.6. The Morgan fingerprint density at radius 2 is 1.80 bits per heavy atom. The van der Waals surface area contributed by atoms with E-state index in [2.05, 4.69) is 20.8 Å². The molecule has 2 aromatic carbocycles. The van der Waals surface area contributed by atoms with Crippen molar-refractivity contribution in [3.05, 3.63) is 60.2 Å². The van der Waals surface area contributed by atoms with Crippen LogP contribution in [0.1, 0.15) is 5.56 Å². The minimum Gasteiger partial charge on any atom is -0.486 e. The number of hydrogen-bond donors (Lipinski definition) is 2. The zero-order chi connectivity index (χ0) is 20.8. The van der Waals surface area contributed by atoms with Crippen molar-refractivity contribution in [3.63, 3.8) is 0 Å². The van der Waals surface area contributed by atoms with E-state index in [0.29, 0.717) is 42.8 Å². The van der Waals surface area contributed by atoms with E-state index in [1.54, 1.807) is 24.3 Å². The second-order valence-electron chi connectivity index (χ2n) is 6.71. The monoisotopic (exact) mass is 406 g/mol. The lowest BCUT2D eigenvalue weighted by molar-refractivity contribution is 0.171. The van der Waals surface area contributed by atoms with Gasteiger partial charge < -0.3 is 24.8 Å². The maximum atomic E-state index is 12.0. The van der Waals surface area contributed by atoms with Gasteiger partial charge in [-0.15, -0.1) is 10.2 Å². The van der Waals surface area contributed by atoms with E-state index >= 15 is 0 Å². The number of nitrogens with zero attached hydrogens (tertiary/aromatic N) is 2. The molecule has 2 heterocycles. The number of ether oxygens (including phenoxy) is 3. The van der Waals surface area contributed by atoms with Gasteiger partial charge in [-0.2, -0.15) is 0 Å². The molecule has 8 nitrogen and oxygen atoms in total. The summed E-state index contributed by atoms with van der Waals surface area (Å²) in [5.74, 6) is 1.70. The summed E-state index contributed by atoms with van der Waals surface area (Å²) in [7, 11) is 0. The zero-order valence-corrected chi connectivity index (χ0v) is 16.6. The Kier molecular flexibility index (Phi) is 5.93. The standard InChI is InChI=1S/C22H22N4O4/c1-15-2-4-16(5-3-15)18-7-9-21(26-25-18)30-11-10-23-22(27)24-17-6-8-19-20(14-17)29-13-12-28-19/h2-9,14H,10-13H2,1H3,(H2,23,24,27). The third-order valence-electron chi connectivity index (χ3n) is 4.43. The Balaban J connectivity index is 1.21. The fourth-order valence-electron chi connectivity index (χ4n) is 2.89. The molecule has 1 aliphatic rings. The van der Waals surface area contributed by atoms with Gasteiger partial charge in [0.2, 0.25) is 5.88 Å². The first-order chi connectivity index (χ1) is 14.7. The fraction of sp³-hybridized carbons (Fsp3) is 0.227. The molecule has 0 saturated carbocycles. The van der Waals surface area contributed by atoms with Gasteiger partial charge in [-0.25, -0.2) is 4.79 Å². The number of amides is 2. The summed E-state index contributed by atoms with van der Waals surface area (Å²) >= 11 is 0. The first kappa shape index (κ1) is 19.5. The Hall–Kier alpha value is -3.81. The van der Waals surface area contributed by atoms with Crippen LogP contribution in [-0.2, 0) is 0 Å². The number of fused-ring (bicyclic) bond motifs is 1. The zero-order valence-electron chi connectivity index (χ0n) is 16.6. The SMILES string of the molecule is Cc1ccc(-c2ccc(OCCNC(=O)Nc3ccc4c(c3)OCCO4)nn2)cc1. The predicted molar refractivity (Wildman–Crippen MR) is 112 cm³/mol. The maximum Gasteiger partial charge on any atom is 0.319 e. The van der Waals surface area contributed by atoms with Gasteiger partial charge in [0, 0.05) is 23.4 Å². The number of aromatic nitrogens is 2. The van der Waals surface area contributed by atoms with Crippen molar-refractivity contribution in [1.29, 1.82) is 0 Å². The van der Waals surface area contributed by atoms with Crippen LogP contribution in [0.4, 0.5) is 10.5 Å². The van der Waals surface area contributed by atoms with Crippen LogP contribution < -0.4 is 24.8 Å². The van der Waals surface area contributed by atoms with Gasteiger partial charge in [0.05, 0.1) is 12.2 Å². The van der Waals surface area contributed by atoms with Crippen molar-refractivity contribution in [2.45, 2.75) is 6.92 Å². The number of urea groups is 1. The van der Waals surface area contributed by atoms with Crippen LogP contribution in [0.25, 0.3) is 11.3 Å². The van der Waals surface area contributed by atoms with Gasteiger partial charge in [0.25, 0.3) is 0 Å². The molecule has 0 radical (unpaired) electrons. The number of benzene rings is 2. The van der Waals surface area contributed by atoms with Gasteiger partial charge in [0.15, 0.2) is 11.5 Å². The summed E-state index contributed by atoms with van der Waals surface area (Å²) in [6.45, 7) is 3.65. The number of nitrogens with one attached hydrogen (secondary N) is 2. The normalized spacial score (nSPS) is 12.2. The number of carbonyl (C=O) groups excluding carboxylic acids is 1. The molecule has 0 fully saturated rings. The first-order valence-corrected chi connectivity index (χ1v) is 9.65. The molecule has 2 amide bonds. The average Bonchev–Trinajstić information content (AvgIpc) is 2.78. The lowest BCUT2D eigenvalue weighted by Crippen LogP contribution is -2.32. The van der Waals surface area contributed by atoms with E-state index in [1.807, 2.05) is 37.3 Å². The molecule has 30 heavy (non-hydrogen) atoms. The van der Waals surface area contributed by atoms with Crippen molar-refractivity contribution in [1.82, 2.24) is 15.5 Å². The molecule has 8 heteroatoms. The highest BCUT2D eigenvalue weighted by Crippen LogP contribution is 2.32. The lowest BCUT2D eigenvalue weighted by Gasteiger charge is -2.19. The summed E-state index contributed by atoms with van der Waals surface area (Å²) in [4.78, 5) is 12.0. The largest absolute Gasteiger partial charge is 0.486 e. The highest BCUT2D eigenvalue weighted by molar-refractivity contribution is 5.89. The number of carbonyl (C=O) groups is 1. The van der Waals surface area contributed by atoms with Gasteiger partial charge >= 0.3 is 6.03 Å². The molecular weight excluding hydrogens is 384 g/mol. The molecule has 0 atom stereocenters. The van der Waals surface area contributed by atoms with E-state index in [-0.39, 0.29) is 12.6 Å². The Labute approximate surface area is 174 Å². The fourth-order valence-corrected chi connectivity index (χ4v) is 2.89. The van der Waals surface area contributed by atoms with Crippen LogP contribution in [0, 0.1) is 6.92 Å². The van der Waals surface area contributed by atoms with E-state index in [9.17, 15) is 4.79 Å². The van der Waals surface area contributed by atoms with Crippen molar-refractivity contribution < 1.29 is 19.0 Å². The number of hydrogen-bond acceptors (Lipinski definition) is 6. The predicted octanol–water partition coefficient (Wildman–Crippen LogP) is 3.42. The highest BCUT2D eigenvalue weighted by atomic mass is 16.6. The van der Waals surface area contributed by atoms with Crippen LogP contribution >= 0.6 is 0 Å². The van der Waals surface area contributed by atoms with Crippen LogP contribution in [0.5, 0.6) is 17.4 Å². The lowest BCUT2D eigenvalue weighted by atomic mass is 10.1. The molecule has 4 rings (SSSR count). The van der Waals surface area contributed by atoms with Crippen LogP contribution in [0.2, 0.25) is 0 Å². The van der Waals surface area contributed by atoms with E-state index < -0.39 is 0 Å². The third-order valence-corrected chi connectivity index (χ3v) is 4.43. The Morgan fingerprint density at radius 1 is 1.00 bits per heavy atom. The van der Waals surface area contributed by atoms with Crippen LogP contribution in [-0.4, -0.2) is 42.6 Å². The Bertz CT molecular complexity index is 1010. The molecule has 1 aliphatic heterocycles. The van der Waals surface area contributed by atoms with Gasteiger partial charge in [-0.1, -0.05) is 29.8 Å². The second-order valence-corrected chi connectivity index (χ2v) is 6.71. The minimum absolute atomic E-state index is 0.271. The molecule has 2 N–H and O–H groups in total. The summed E-state index contributed by atoms with van der Waals surface area (Å²) in [5, 5.41) is 13.7. The van der Waals surface area contributed by atoms with Crippen molar-refractivity contribution >= 4 is 11.7 Å². The summed E-state index contributed by atoms with van der Waals surface area (Å²) in [5.41, 5.74) is 3.59. The van der Waals surface area contributed by atoms with E-state index in [4.69, 9.17) is 14.2 Å². The average molecular weight is 406 g/mol. The van der Waals surface area contributed by atoms with E-state index in [0.717, 1.165) is 11.3 Å². The number of rotatable bonds is 6.